The third-order valence-electron chi connectivity index (χ3n) is 5.71. The van der Waals surface area contributed by atoms with Crippen LogP contribution in [-0.2, 0) is 4.74 Å². The standard InChI is InChI=1S/C18H22N2O4S/c21-7-8-24-16-10-15(22)18(16)3-5-20(6-4-18)17(23)12-1-2-13-14(9-12)25-11-19-13/h1-2,9,11,15-16,21-22H,3-8,10H2/t15-,16+/m1/s1. The fourth-order valence-corrected chi connectivity index (χ4v) is 4.82. The highest BCUT2D eigenvalue weighted by atomic mass is 32.1. The van der Waals surface area contributed by atoms with Gasteiger partial charge in [0.05, 0.1) is 41.1 Å². The molecular formula is C18H22N2O4S. The number of hydrogen-bond acceptors (Lipinski definition) is 6. The van der Waals surface area contributed by atoms with Crippen LogP contribution in [0.5, 0.6) is 0 Å². The summed E-state index contributed by atoms with van der Waals surface area (Å²) in [6, 6.07) is 5.63. The third kappa shape index (κ3) is 2.85. The number of aliphatic hydroxyl groups is 2. The number of nitrogens with zero attached hydrogens (tertiary/aromatic N) is 2. The van der Waals surface area contributed by atoms with Gasteiger partial charge in [0, 0.05) is 30.5 Å². The molecule has 1 aliphatic carbocycles. The lowest BCUT2D eigenvalue weighted by atomic mass is 9.58. The van der Waals surface area contributed by atoms with Crippen molar-refractivity contribution in [1.82, 2.24) is 9.88 Å². The van der Waals surface area contributed by atoms with E-state index in [2.05, 4.69) is 4.98 Å². The van der Waals surface area contributed by atoms with Crippen molar-refractivity contribution in [1.29, 1.82) is 0 Å². The number of fused-ring (bicyclic) bond motifs is 1. The lowest BCUT2D eigenvalue weighted by Gasteiger charge is -2.56. The molecule has 2 heterocycles. The first-order valence-corrected chi connectivity index (χ1v) is 9.55. The molecule has 6 nitrogen and oxygen atoms in total. The second-order valence-corrected chi connectivity index (χ2v) is 7.78. The van der Waals surface area contributed by atoms with E-state index in [1.54, 1.807) is 5.51 Å². The smallest absolute Gasteiger partial charge is 0.253 e. The number of benzene rings is 1. The summed E-state index contributed by atoms with van der Waals surface area (Å²) in [7, 11) is 0. The van der Waals surface area contributed by atoms with E-state index in [0.29, 0.717) is 31.7 Å². The fourth-order valence-electron chi connectivity index (χ4n) is 4.11. The first kappa shape index (κ1) is 16.9. The summed E-state index contributed by atoms with van der Waals surface area (Å²) in [4.78, 5) is 18.9. The number of ether oxygens (including phenoxy) is 1. The predicted molar refractivity (Wildman–Crippen MR) is 94.6 cm³/mol. The molecule has 2 atom stereocenters. The minimum atomic E-state index is -0.373. The second-order valence-electron chi connectivity index (χ2n) is 6.89. The largest absolute Gasteiger partial charge is 0.394 e. The van der Waals surface area contributed by atoms with E-state index in [-0.39, 0.29) is 30.1 Å². The fraction of sp³-hybridized carbons (Fsp3) is 0.556. The Labute approximate surface area is 150 Å². The molecule has 1 aromatic heterocycles. The monoisotopic (exact) mass is 362 g/mol. The van der Waals surface area contributed by atoms with Gasteiger partial charge < -0.3 is 19.8 Å². The van der Waals surface area contributed by atoms with Crippen molar-refractivity contribution in [3.8, 4) is 0 Å². The van der Waals surface area contributed by atoms with Gasteiger partial charge in [0.25, 0.3) is 5.91 Å². The summed E-state index contributed by atoms with van der Waals surface area (Å²) >= 11 is 1.53. The van der Waals surface area contributed by atoms with Crippen LogP contribution in [0.15, 0.2) is 23.7 Å². The van der Waals surface area contributed by atoms with Crippen molar-refractivity contribution in [3.63, 3.8) is 0 Å². The maximum atomic E-state index is 12.8. The topological polar surface area (TPSA) is 82.9 Å². The summed E-state index contributed by atoms with van der Waals surface area (Å²) in [5.74, 6) is 0.0341. The molecule has 2 fully saturated rings. The molecule has 2 aliphatic rings. The van der Waals surface area contributed by atoms with Crippen LogP contribution in [0.3, 0.4) is 0 Å². The normalized spacial score (nSPS) is 25.3. The minimum Gasteiger partial charge on any atom is -0.394 e. The summed E-state index contributed by atoms with van der Waals surface area (Å²) in [5.41, 5.74) is 3.14. The molecule has 0 radical (unpaired) electrons. The van der Waals surface area contributed by atoms with Gasteiger partial charge in [-0.15, -0.1) is 11.3 Å². The first-order chi connectivity index (χ1) is 12.1. The second kappa shape index (κ2) is 6.64. The van der Waals surface area contributed by atoms with E-state index in [9.17, 15) is 9.90 Å². The average molecular weight is 362 g/mol. The lowest BCUT2D eigenvalue weighted by molar-refractivity contribution is -0.211. The highest BCUT2D eigenvalue weighted by Gasteiger charge is 2.56. The average Bonchev–Trinajstić information content (AvgIpc) is 3.12. The van der Waals surface area contributed by atoms with Gasteiger partial charge in [-0.25, -0.2) is 4.98 Å². The number of aromatic nitrogens is 1. The zero-order chi connectivity index (χ0) is 17.4. The molecule has 2 aromatic rings. The maximum Gasteiger partial charge on any atom is 0.253 e. The van der Waals surface area contributed by atoms with Crippen molar-refractivity contribution in [2.45, 2.75) is 31.5 Å². The molecule has 1 spiro atoms. The Hall–Kier alpha value is -1.54. The van der Waals surface area contributed by atoms with Gasteiger partial charge in [0.2, 0.25) is 0 Å². The van der Waals surface area contributed by atoms with Gasteiger partial charge in [-0.3, -0.25) is 4.79 Å². The van der Waals surface area contributed by atoms with Crippen molar-refractivity contribution >= 4 is 27.5 Å². The molecule has 1 saturated heterocycles. The molecule has 25 heavy (non-hydrogen) atoms. The predicted octanol–water partition coefficient (Wildman–Crippen LogP) is 1.66. The molecule has 0 unspecified atom stereocenters. The van der Waals surface area contributed by atoms with Crippen molar-refractivity contribution in [3.05, 3.63) is 29.3 Å². The van der Waals surface area contributed by atoms with Gasteiger partial charge in [-0.1, -0.05) is 0 Å². The molecule has 134 valence electrons. The Balaban J connectivity index is 1.43. The van der Waals surface area contributed by atoms with Crippen molar-refractivity contribution in [2.24, 2.45) is 5.41 Å². The van der Waals surface area contributed by atoms with Crippen LogP contribution in [0.4, 0.5) is 0 Å². The number of rotatable bonds is 4. The highest BCUT2D eigenvalue weighted by Crippen LogP contribution is 2.51. The van der Waals surface area contributed by atoms with E-state index in [0.717, 1.165) is 23.1 Å². The number of likely N-dealkylation sites (tertiary alicyclic amines) is 1. The lowest BCUT2D eigenvalue weighted by Crippen LogP contribution is -2.62. The van der Waals surface area contributed by atoms with E-state index in [1.165, 1.54) is 11.3 Å². The molecule has 1 saturated carbocycles. The number of piperidine rings is 1. The zero-order valence-corrected chi connectivity index (χ0v) is 14.7. The van der Waals surface area contributed by atoms with Crippen LogP contribution in [0.25, 0.3) is 10.2 Å². The number of carbonyl (C=O) groups is 1. The van der Waals surface area contributed by atoms with Crippen LogP contribution in [0.1, 0.15) is 29.6 Å². The van der Waals surface area contributed by atoms with E-state index < -0.39 is 0 Å². The van der Waals surface area contributed by atoms with Gasteiger partial charge in [-0.05, 0) is 31.0 Å². The van der Waals surface area contributed by atoms with Crippen LogP contribution in [0.2, 0.25) is 0 Å². The van der Waals surface area contributed by atoms with Crippen LogP contribution >= 0.6 is 11.3 Å². The Morgan fingerprint density at radius 2 is 2.20 bits per heavy atom. The van der Waals surface area contributed by atoms with Gasteiger partial charge >= 0.3 is 0 Å². The van der Waals surface area contributed by atoms with Crippen molar-refractivity contribution in [2.75, 3.05) is 26.3 Å². The SMILES string of the molecule is O=C(c1ccc2ncsc2c1)N1CCC2(CC1)[C@H](O)C[C@@H]2OCCO. The number of carbonyl (C=O) groups excluding carboxylic acids is 1. The maximum absolute atomic E-state index is 12.8. The highest BCUT2D eigenvalue weighted by molar-refractivity contribution is 7.16. The number of aliphatic hydroxyl groups excluding tert-OH is 2. The molecule has 7 heteroatoms. The van der Waals surface area contributed by atoms with E-state index in [4.69, 9.17) is 9.84 Å². The van der Waals surface area contributed by atoms with Gasteiger partial charge in [0.15, 0.2) is 0 Å². The molecule has 1 aromatic carbocycles. The Bertz CT molecular complexity index is 769. The zero-order valence-electron chi connectivity index (χ0n) is 13.9. The Kier molecular flexibility index (Phi) is 4.49. The minimum absolute atomic E-state index is 0.00661. The summed E-state index contributed by atoms with van der Waals surface area (Å²) < 4.78 is 6.71. The quantitative estimate of drug-likeness (QED) is 0.864. The van der Waals surface area contributed by atoms with Crippen LogP contribution in [-0.4, -0.2) is 64.5 Å². The van der Waals surface area contributed by atoms with Crippen LogP contribution < -0.4 is 0 Å². The summed E-state index contributed by atoms with van der Waals surface area (Å²) in [5, 5.41) is 19.2. The number of amides is 1. The number of thiazole rings is 1. The van der Waals surface area contributed by atoms with Crippen LogP contribution in [0, 0.1) is 5.41 Å². The molecule has 1 amide bonds. The van der Waals surface area contributed by atoms with Crippen molar-refractivity contribution < 1.29 is 19.7 Å². The molecular weight excluding hydrogens is 340 g/mol. The molecule has 4 rings (SSSR count). The van der Waals surface area contributed by atoms with E-state index >= 15 is 0 Å². The molecule has 0 bridgehead atoms. The number of hydrogen-bond donors (Lipinski definition) is 2. The molecule has 1 aliphatic heterocycles. The molecule has 2 N–H and O–H groups in total. The third-order valence-corrected chi connectivity index (χ3v) is 6.50. The first-order valence-electron chi connectivity index (χ1n) is 8.67. The Morgan fingerprint density at radius 3 is 2.92 bits per heavy atom. The van der Waals surface area contributed by atoms with E-state index in [1.807, 2.05) is 23.1 Å². The Morgan fingerprint density at radius 1 is 1.40 bits per heavy atom. The summed E-state index contributed by atoms with van der Waals surface area (Å²) in [6.45, 7) is 1.54. The van der Waals surface area contributed by atoms with Gasteiger partial charge in [0.1, 0.15) is 0 Å². The van der Waals surface area contributed by atoms with Gasteiger partial charge in [-0.2, -0.15) is 0 Å². The summed E-state index contributed by atoms with van der Waals surface area (Å²) in [6.07, 6.45) is 1.70.